The first kappa shape index (κ1) is 12.9. The summed E-state index contributed by atoms with van der Waals surface area (Å²) in [5.41, 5.74) is 7.96. The van der Waals surface area contributed by atoms with Crippen molar-refractivity contribution in [2.24, 2.45) is 5.73 Å². The summed E-state index contributed by atoms with van der Waals surface area (Å²) in [6.45, 7) is 1.95. The largest absolute Gasteiger partial charge is 0.352 e. The van der Waals surface area contributed by atoms with Gasteiger partial charge in [0.1, 0.15) is 0 Å². The van der Waals surface area contributed by atoms with E-state index in [1.165, 1.54) is 0 Å². The molecule has 2 N–H and O–H groups in total. The second kappa shape index (κ2) is 5.79. The Balaban J connectivity index is 3.16. The molecule has 0 aliphatic carbocycles. The molecule has 1 aromatic carbocycles. The van der Waals surface area contributed by atoms with E-state index >= 15 is 0 Å². The van der Waals surface area contributed by atoms with Crippen LogP contribution in [0.4, 0.5) is 0 Å². The van der Waals surface area contributed by atoms with Crippen LogP contribution in [0.25, 0.3) is 0 Å². The van der Waals surface area contributed by atoms with E-state index in [4.69, 9.17) is 15.2 Å². The summed E-state index contributed by atoms with van der Waals surface area (Å²) < 4.78 is 11.6. The molecule has 0 heterocycles. The molecule has 0 saturated carbocycles. The van der Waals surface area contributed by atoms with E-state index in [1.807, 2.05) is 25.1 Å². The van der Waals surface area contributed by atoms with Crippen LogP contribution in [0.3, 0.4) is 0 Å². The number of ether oxygens (including phenoxy) is 2. The van der Waals surface area contributed by atoms with Crippen molar-refractivity contribution >= 4 is 22.6 Å². The molecule has 0 aromatic heterocycles. The molecule has 0 bridgehead atoms. The standard InChI is InChI=1S/C11H16INO2/c1-7(13)9-5-4-8(12)6-10(9)11(14-2)15-3/h4-7,11H,13H2,1-3H3. The van der Waals surface area contributed by atoms with Crippen molar-refractivity contribution in [2.45, 2.75) is 19.3 Å². The molecule has 4 heteroatoms. The normalized spacial score (nSPS) is 13.2. The first-order valence-corrected chi connectivity index (χ1v) is 5.78. The molecular weight excluding hydrogens is 305 g/mol. The topological polar surface area (TPSA) is 44.5 Å². The highest BCUT2D eigenvalue weighted by Crippen LogP contribution is 2.27. The van der Waals surface area contributed by atoms with Crippen molar-refractivity contribution in [3.05, 3.63) is 32.9 Å². The first-order chi connectivity index (χ1) is 7.10. The average molecular weight is 321 g/mol. The van der Waals surface area contributed by atoms with Crippen LogP contribution in [0.1, 0.15) is 30.4 Å². The number of rotatable bonds is 4. The van der Waals surface area contributed by atoms with Crippen LogP contribution in [0.2, 0.25) is 0 Å². The van der Waals surface area contributed by atoms with Gasteiger partial charge in [-0.1, -0.05) is 6.07 Å². The molecule has 1 rings (SSSR count). The number of benzene rings is 1. The minimum Gasteiger partial charge on any atom is -0.352 e. The van der Waals surface area contributed by atoms with Gasteiger partial charge in [0.2, 0.25) is 0 Å². The molecule has 0 amide bonds. The van der Waals surface area contributed by atoms with Crippen molar-refractivity contribution in [1.82, 2.24) is 0 Å². The maximum atomic E-state index is 5.90. The lowest BCUT2D eigenvalue weighted by Crippen LogP contribution is -2.13. The lowest BCUT2D eigenvalue weighted by molar-refractivity contribution is -0.106. The van der Waals surface area contributed by atoms with Gasteiger partial charge in [-0.15, -0.1) is 0 Å². The monoisotopic (exact) mass is 321 g/mol. The smallest absolute Gasteiger partial charge is 0.183 e. The van der Waals surface area contributed by atoms with Gasteiger partial charge in [-0.25, -0.2) is 0 Å². The van der Waals surface area contributed by atoms with Gasteiger partial charge in [0.15, 0.2) is 6.29 Å². The zero-order valence-electron chi connectivity index (χ0n) is 9.16. The van der Waals surface area contributed by atoms with Gasteiger partial charge in [0.05, 0.1) is 0 Å². The van der Waals surface area contributed by atoms with E-state index in [2.05, 4.69) is 22.6 Å². The summed E-state index contributed by atoms with van der Waals surface area (Å²) in [7, 11) is 3.25. The second-order valence-corrected chi connectivity index (χ2v) is 4.61. The lowest BCUT2D eigenvalue weighted by Gasteiger charge is -2.19. The third-order valence-electron chi connectivity index (χ3n) is 2.22. The van der Waals surface area contributed by atoms with Crippen molar-refractivity contribution in [1.29, 1.82) is 0 Å². The van der Waals surface area contributed by atoms with Crippen LogP contribution in [-0.4, -0.2) is 14.2 Å². The predicted molar refractivity (Wildman–Crippen MR) is 68.5 cm³/mol. The van der Waals surface area contributed by atoms with E-state index in [9.17, 15) is 0 Å². The number of hydrogen-bond donors (Lipinski definition) is 1. The Hall–Kier alpha value is -0.170. The first-order valence-electron chi connectivity index (χ1n) is 4.70. The molecule has 0 spiro atoms. The Morgan fingerprint density at radius 2 is 1.80 bits per heavy atom. The zero-order chi connectivity index (χ0) is 11.4. The highest BCUT2D eigenvalue weighted by molar-refractivity contribution is 14.1. The third-order valence-corrected chi connectivity index (χ3v) is 2.89. The minimum atomic E-state index is -0.347. The van der Waals surface area contributed by atoms with Gasteiger partial charge in [-0.05, 0) is 47.2 Å². The number of nitrogens with two attached hydrogens (primary N) is 1. The van der Waals surface area contributed by atoms with Crippen molar-refractivity contribution in [3.63, 3.8) is 0 Å². The molecule has 0 aliphatic rings. The van der Waals surface area contributed by atoms with E-state index < -0.39 is 0 Å². The maximum Gasteiger partial charge on any atom is 0.183 e. The Bertz CT molecular complexity index is 324. The van der Waals surface area contributed by atoms with Crippen LogP contribution < -0.4 is 5.73 Å². The molecule has 0 aliphatic heterocycles. The van der Waals surface area contributed by atoms with Gasteiger partial charge in [0, 0.05) is 29.4 Å². The Morgan fingerprint density at radius 1 is 1.20 bits per heavy atom. The summed E-state index contributed by atoms with van der Waals surface area (Å²) in [5.74, 6) is 0. The number of methoxy groups -OCH3 is 2. The highest BCUT2D eigenvalue weighted by Gasteiger charge is 2.16. The third kappa shape index (κ3) is 3.14. The quantitative estimate of drug-likeness (QED) is 0.685. The molecule has 1 atom stereocenters. The Morgan fingerprint density at radius 3 is 2.27 bits per heavy atom. The van der Waals surface area contributed by atoms with Gasteiger partial charge in [-0.3, -0.25) is 0 Å². The van der Waals surface area contributed by atoms with Gasteiger partial charge < -0.3 is 15.2 Å². The summed E-state index contributed by atoms with van der Waals surface area (Å²) in [6, 6.07) is 6.07. The molecular formula is C11H16INO2. The second-order valence-electron chi connectivity index (χ2n) is 3.37. The minimum absolute atomic E-state index is 0.0233. The van der Waals surface area contributed by atoms with Gasteiger partial charge >= 0.3 is 0 Å². The summed E-state index contributed by atoms with van der Waals surface area (Å²) in [4.78, 5) is 0. The molecule has 15 heavy (non-hydrogen) atoms. The van der Waals surface area contributed by atoms with Gasteiger partial charge in [-0.2, -0.15) is 0 Å². The van der Waals surface area contributed by atoms with Crippen LogP contribution in [0.5, 0.6) is 0 Å². The summed E-state index contributed by atoms with van der Waals surface area (Å²) in [6.07, 6.45) is -0.347. The fourth-order valence-electron chi connectivity index (χ4n) is 1.51. The van der Waals surface area contributed by atoms with Crippen LogP contribution in [0, 0.1) is 3.57 Å². The highest BCUT2D eigenvalue weighted by atomic mass is 127. The van der Waals surface area contributed by atoms with Crippen LogP contribution >= 0.6 is 22.6 Å². The van der Waals surface area contributed by atoms with Crippen molar-refractivity contribution in [3.8, 4) is 0 Å². The molecule has 0 radical (unpaired) electrons. The number of halogens is 1. The van der Waals surface area contributed by atoms with E-state index in [0.29, 0.717) is 0 Å². The molecule has 84 valence electrons. The van der Waals surface area contributed by atoms with Gasteiger partial charge in [0.25, 0.3) is 0 Å². The summed E-state index contributed by atoms with van der Waals surface area (Å²) >= 11 is 2.26. The van der Waals surface area contributed by atoms with E-state index in [1.54, 1.807) is 14.2 Å². The number of hydrogen-bond acceptors (Lipinski definition) is 3. The van der Waals surface area contributed by atoms with Crippen LogP contribution in [0.15, 0.2) is 18.2 Å². The Kier molecular flexibility index (Phi) is 4.98. The van der Waals surface area contributed by atoms with Crippen LogP contribution in [-0.2, 0) is 9.47 Å². The Labute approximate surface area is 104 Å². The average Bonchev–Trinajstić information content (AvgIpc) is 2.19. The summed E-state index contributed by atoms with van der Waals surface area (Å²) in [5, 5.41) is 0. The molecule has 0 saturated heterocycles. The molecule has 1 aromatic rings. The molecule has 1 unspecified atom stereocenters. The van der Waals surface area contributed by atoms with Crippen molar-refractivity contribution < 1.29 is 9.47 Å². The lowest BCUT2D eigenvalue weighted by atomic mass is 10.0. The SMILES string of the molecule is COC(OC)c1cc(I)ccc1C(C)N. The van der Waals surface area contributed by atoms with E-state index in [-0.39, 0.29) is 12.3 Å². The van der Waals surface area contributed by atoms with Crippen molar-refractivity contribution in [2.75, 3.05) is 14.2 Å². The zero-order valence-corrected chi connectivity index (χ0v) is 11.3. The fraction of sp³-hybridized carbons (Fsp3) is 0.455. The molecule has 3 nitrogen and oxygen atoms in total. The predicted octanol–water partition coefficient (Wildman–Crippen LogP) is 2.60. The maximum absolute atomic E-state index is 5.90. The molecule has 0 fully saturated rings. The van der Waals surface area contributed by atoms with E-state index in [0.717, 1.165) is 14.7 Å². The fourth-order valence-corrected chi connectivity index (χ4v) is 2.03.